The first-order valence-electron chi connectivity index (χ1n) is 10.2. The van der Waals surface area contributed by atoms with Crippen LogP contribution in [0.1, 0.15) is 15.9 Å². The fraction of sp³-hybridized carbons (Fsp3) is 0.174. The first kappa shape index (κ1) is 23.1. The number of aromatic nitrogens is 4. The smallest absolute Gasteiger partial charge is 0.337 e. The summed E-state index contributed by atoms with van der Waals surface area (Å²) in [5.41, 5.74) is 9.61. The number of methoxy groups -OCH3 is 1. The van der Waals surface area contributed by atoms with Crippen LogP contribution in [0.25, 0.3) is 22.8 Å². The van der Waals surface area contributed by atoms with Gasteiger partial charge in [0.05, 0.1) is 12.7 Å². The number of hydrogen-bond acceptors (Lipinski definition) is 9. The Kier molecular flexibility index (Phi) is 6.64. The molecule has 0 bridgehead atoms. The number of anilines is 2. The Morgan fingerprint density at radius 2 is 1.97 bits per heavy atom. The van der Waals surface area contributed by atoms with Crippen molar-refractivity contribution in [2.45, 2.75) is 18.5 Å². The van der Waals surface area contributed by atoms with Crippen molar-refractivity contribution in [1.82, 2.24) is 19.9 Å². The SMILES string of the molecule is COC(=O)c1ccc(NC(=O)Cn2nc(SC)c(-c3nc(-c4cccc(C)c4)no3)c2N)cc1. The van der Waals surface area contributed by atoms with Crippen molar-refractivity contribution < 1.29 is 18.8 Å². The molecule has 34 heavy (non-hydrogen) atoms. The summed E-state index contributed by atoms with van der Waals surface area (Å²) < 4.78 is 11.5. The molecule has 3 N–H and O–H groups in total. The maximum Gasteiger partial charge on any atom is 0.337 e. The Morgan fingerprint density at radius 1 is 1.21 bits per heavy atom. The van der Waals surface area contributed by atoms with Crippen LogP contribution in [0.4, 0.5) is 11.5 Å². The third-order valence-corrected chi connectivity index (χ3v) is 5.62. The van der Waals surface area contributed by atoms with Gasteiger partial charge in [0.25, 0.3) is 5.89 Å². The second kappa shape index (κ2) is 9.79. The Balaban J connectivity index is 1.53. The third-order valence-electron chi connectivity index (χ3n) is 4.95. The maximum atomic E-state index is 12.6. The average molecular weight is 479 g/mol. The van der Waals surface area contributed by atoms with Gasteiger partial charge in [0, 0.05) is 11.3 Å². The van der Waals surface area contributed by atoms with E-state index in [-0.39, 0.29) is 24.2 Å². The molecule has 0 aliphatic heterocycles. The molecule has 4 rings (SSSR count). The highest BCUT2D eigenvalue weighted by Crippen LogP contribution is 2.35. The topological polar surface area (TPSA) is 138 Å². The molecule has 0 unspecified atom stereocenters. The molecule has 0 saturated heterocycles. The van der Waals surface area contributed by atoms with Crippen LogP contribution < -0.4 is 11.1 Å². The van der Waals surface area contributed by atoms with Gasteiger partial charge in [-0.15, -0.1) is 11.8 Å². The number of nitrogens with zero attached hydrogens (tertiary/aromatic N) is 4. The molecule has 0 radical (unpaired) electrons. The molecule has 11 heteroatoms. The van der Waals surface area contributed by atoms with Gasteiger partial charge in [-0.3, -0.25) is 4.79 Å². The summed E-state index contributed by atoms with van der Waals surface area (Å²) >= 11 is 1.36. The number of thioether (sulfide) groups is 1. The largest absolute Gasteiger partial charge is 0.465 e. The normalized spacial score (nSPS) is 10.8. The van der Waals surface area contributed by atoms with Crippen molar-refractivity contribution in [3.05, 3.63) is 59.7 Å². The number of nitrogens with two attached hydrogens (primary N) is 1. The maximum absolute atomic E-state index is 12.6. The van der Waals surface area contributed by atoms with Crippen LogP contribution in [0.2, 0.25) is 0 Å². The van der Waals surface area contributed by atoms with E-state index in [9.17, 15) is 9.59 Å². The predicted octanol–water partition coefficient (Wildman–Crippen LogP) is 3.64. The molecule has 174 valence electrons. The minimum atomic E-state index is -0.453. The highest BCUT2D eigenvalue weighted by atomic mass is 32.2. The molecular weight excluding hydrogens is 456 g/mol. The van der Waals surface area contributed by atoms with E-state index in [2.05, 4.69) is 25.3 Å². The Bertz CT molecular complexity index is 1350. The lowest BCUT2D eigenvalue weighted by Crippen LogP contribution is -2.20. The van der Waals surface area contributed by atoms with Crippen molar-refractivity contribution in [3.63, 3.8) is 0 Å². The lowest BCUT2D eigenvalue weighted by molar-refractivity contribution is -0.116. The number of carbonyl (C=O) groups excluding carboxylic acids is 2. The van der Waals surface area contributed by atoms with Crippen LogP contribution in [-0.2, 0) is 16.1 Å². The number of nitrogens with one attached hydrogen (secondary N) is 1. The zero-order valence-corrected chi connectivity index (χ0v) is 19.5. The van der Waals surface area contributed by atoms with Gasteiger partial charge in [0.2, 0.25) is 11.7 Å². The van der Waals surface area contributed by atoms with Crippen LogP contribution in [0, 0.1) is 6.92 Å². The van der Waals surface area contributed by atoms with E-state index in [1.54, 1.807) is 24.3 Å². The predicted molar refractivity (Wildman–Crippen MR) is 128 cm³/mol. The van der Waals surface area contributed by atoms with Crippen molar-refractivity contribution >= 4 is 35.1 Å². The Hall–Kier alpha value is -4.12. The third kappa shape index (κ3) is 4.79. The summed E-state index contributed by atoms with van der Waals surface area (Å²) in [5, 5.41) is 11.8. The molecular formula is C23H22N6O4S. The van der Waals surface area contributed by atoms with Crippen molar-refractivity contribution in [3.8, 4) is 22.8 Å². The molecule has 0 fully saturated rings. The molecule has 2 heterocycles. The van der Waals surface area contributed by atoms with Crippen LogP contribution in [-0.4, -0.2) is 45.2 Å². The second-order valence-electron chi connectivity index (χ2n) is 7.34. The monoisotopic (exact) mass is 478 g/mol. The van der Waals surface area contributed by atoms with Gasteiger partial charge in [0.1, 0.15) is 23.0 Å². The quantitative estimate of drug-likeness (QED) is 0.301. The van der Waals surface area contributed by atoms with Gasteiger partial charge in [-0.1, -0.05) is 28.9 Å². The lowest BCUT2D eigenvalue weighted by atomic mass is 10.1. The number of nitrogen functional groups attached to an aromatic ring is 1. The molecule has 0 aliphatic rings. The summed E-state index contributed by atoms with van der Waals surface area (Å²) in [6.45, 7) is 1.86. The van der Waals surface area contributed by atoms with Gasteiger partial charge in [-0.05, 0) is 43.5 Å². The number of ether oxygens (including phenoxy) is 1. The summed E-state index contributed by atoms with van der Waals surface area (Å²) in [4.78, 5) is 28.6. The number of carbonyl (C=O) groups is 2. The van der Waals surface area contributed by atoms with Crippen LogP contribution in [0.3, 0.4) is 0 Å². The van der Waals surface area contributed by atoms with Crippen molar-refractivity contribution in [2.75, 3.05) is 24.4 Å². The minimum Gasteiger partial charge on any atom is -0.465 e. The highest BCUT2D eigenvalue weighted by molar-refractivity contribution is 7.98. The number of aryl methyl sites for hydroxylation is 1. The number of benzene rings is 2. The number of esters is 1. The second-order valence-corrected chi connectivity index (χ2v) is 8.13. The zero-order valence-electron chi connectivity index (χ0n) is 18.7. The Labute approximate surface area is 199 Å². The van der Waals surface area contributed by atoms with Crippen LogP contribution in [0.5, 0.6) is 0 Å². The van der Waals surface area contributed by atoms with Gasteiger partial charge >= 0.3 is 5.97 Å². The summed E-state index contributed by atoms with van der Waals surface area (Å²) in [7, 11) is 1.31. The van der Waals surface area contributed by atoms with Gasteiger partial charge in [0.15, 0.2) is 0 Å². The van der Waals surface area contributed by atoms with Crippen LogP contribution >= 0.6 is 11.8 Å². The van der Waals surface area contributed by atoms with E-state index < -0.39 is 5.97 Å². The number of amides is 1. The molecule has 0 atom stereocenters. The van der Waals surface area contributed by atoms with E-state index >= 15 is 0 Å². The summed E-state index contributed by atoms with van der Waals surface area (Å²) in [6.07, 6.45) is 1.84. The van der Waals surface area contributed by atoms with Gasteiger partial charge < -0.3 is 20.3 Å². The van der Waals surface area contributed by atoms with E-state index in [0.717, 1.165) is 11.1 Å². The molecule has 0 saturated carbocycles. The van der Waals surface area contributed by atoms with Crippen molar-refractivity contribution in [2.24, 2.45) is 0 Å². The fourth-order valence-corrected chi connectivity index (χ4v) is 3.86. The summed E-state index contributed by atoms with van der Waals surface area (Å²) in [5.74, 6) is 0.102. The average Bonchev–Trinajstić information content (AvgIpc) is 3.43. The van der Waals surface area contributed by atoms with Gasteiger partial charge in [-0.25, -0.2) is 9.48 Å². The van der Waals surface area contributed by atoms with Crippen LogP contribution in [0.15, 0.2) is 58.1 Å². The fourth-order valence-electron chi connectivity index (χ4n) is 3.29. The van der Waals surface area contributed by atoms with Crippen molar-refractivity contribution in [1.29, 1.82) is 0 Å². The first-order valence-corrected chi connectivity index (χ1v) is 11.4. The molecule has 2 aromatic carbocycles. The summed E-state index contributed by atoms with van der Waals surface area (Å²) in [6, 6.07) is 14.1. The standard InChI is InChI=1S/C23H22N6O4S/c1-13-5-4-6-15(11-13)20-26-21(33-28-20)18-19(24)29(27-22(18)34-3)12-17(30)25-16-9-7-14(8-10-16)23(31)32-2/h4-11H,12,24H2,1-3H3,(H,25,30). The molecule has 4 aromatic rings. The minimum absolute atomic E-state index is 0.128. The molecule has 10 nitrogen and oxygen atoms in total. The van der Waals surface area contributed by atoms with E-state index in [1.807, 2.05) is 37.4 Å². The van der Waals surface area contributed by atoms with E-state index in [4.69, 9.17) is 10.3 Å². The highest BCUT2D eigenvalue weighted by Gasteiger charge is 2.24. The molecule has 2 aromatic heterocycles. The van der Waals surface area contributed by atoms with E-state index in [0.29, 0.717) is 27.7 Å². The number of hydrogen-bond donors (Lipinski definition) is 2. The number of rotatable bonds is 7. The zero-order chi connectivity index (χ0) is 24.2. The van der Waals surface area contributed by atoms with E-state index in [1.165, 1.54) is 23.6 Å². The molecule has 1 amide bonds. The first-order chi connectivity index (χ1) is 16.4. The Morgan fingerprint density at radius 3 is 2.65 bits per heavy atom. The van der Waals surface area contributed by atoms with Gasteiger partial charge in [-0.2, -0.15) is 10.1 Å². The molecule has 0 spiro atoms. The lowest BCUT2D eigenvalue weighted by Gasteiger charge is -2.07. The molecule has 0 aliphatic carbocycles.